The summed E-state index contributed by atoms with van der Waals surface area (Å²) in [6.07, 6.45) is 1.33. The largest absolute Gasteiger partial charge is 0.396 e. The summed E-state index contributed by atoms with van der Waals surface area (Å²) in [6, 6.07) is 9.17. The Morgan fingerprint density at radius 3 is 2.62 bits per heavy atom. The van der Waals surface area contributed by atoms with Crippen molar-refractivity contribution in [2.45, 2.75) is 51.6 Å². The molecule has 2 aliphatic heterocycles. The lowest BCUT2D eigenvalue weighted by atomic mass is 9.90. The molecule has 3 aromatic rings. The van der Waals surface area contributed by atoms with Gasteiger partial charge in [0.15, 0.2) is 11.6 Å². The Bertz CT molecular complexity index is 1300. The summed E-state index contributed by atoms with van der Waals surface area (Å²) in [5.41, 5.74) is 4.94. The Hall–Kier alpha value is -3.28. The number of carbonyl (C=O) groups is 2. The minimum absolute atomic E-state index is 0.171. The van der Waals surface area contributed by atoms with Crippen molar-refractivity contribution in [3.8, 4) is 10.4 Å². The van der Waals surface area contributed by atoms with Gasteiger partial charge in [-0.2, -0.15) is 0 Å². The van der Waals surface area contributed by atoms with Gasteiger partial charge in [-0.05, 0) is 43.7 Å². The van der Waals surface area contributed by atoms with E-state index in [1.54, 1.807) is 16.2 Å². The maximum absolute atomic E-state index is 13.9. The molecule has 4 atom stereocenters. The number of hydrogen-bond acceptors (Lipinski definition) is 9. The molecule has 0 radical (unpaired) electrons. The molecule has 2 aliphatic rings. The molecule has 214 valence electrons. The van der Waals surface area contributed by atoms with Gasteiger partial charge >= 0.3 is 0 Å². The van der Waals surface area contributed by atoms with E-state index in [-0.39, 0.29) is 30.4 Å². The van der Waals surface area contributed by atoms with Crippen LogP contribution in [0, 0.1) is 12.8 Å². The van der Waals surface area contributed by atoms with Gasteiger partial charge in [0.25, 0.3) is 0 Å². The average Bonchev–Trinajstić information content (AvgIpc) is 3.75. The first-order valence-electron chi connectivity index (χ1n) is 14.0. The topological polar surface area (TPSA) is 124 Å². The third kappa shape index (κ3) is 5.91. The van der Waals surface area contributed by atoms with Gasteiger partial charge < -0.3 is 30.1 Å². The van der Waals surface area contributed by atoms with Crippen LogP contribution in [0.25, 0.3) is 10.4 Å². The van der Waals surface area contributed by atoms with Crippen LogP contribution in [0.1, 0.15) is 55.7 Å². The predicted molar refractivity (Wildman–Crippen MR) is 154 cm³/mol. The summed E-state index contributed by atoms with van der Waals surface area (Å²) in [4.78, 5) is 36.6. The van der Waals surface area contributed by atoms with Gasteiger partial charge in [0.05, 0.1) is 22.1 Å². The predicted octanol–water partition coefficient (Wildman–Crippen LogP) is 3.10. The average molecular weight is 567 g/mol. The summed E-state index contributed by atoms with van der Waals surface area (Å²) in [5, 5.41) is 20.7. The summed E-state index contributed by atoms with van der Waals surface area (Å²) in [7, 11) is 0. The van der Waals surface area contributed by atoms with Crippen LogP contribution in [-0.4, -0.2) is 77.3 Å². The number of aliphatic hydroxyl groups excluding tert-OH is 1. The van der Waals surface area contributed by atoms with Crippen molar-refractivity contribution in [1.29, 1.82) is 0 Å². The Kier molecular flexibility index (Phi) is 8.82. The second-order valence-electron chi connectivity index (χ2n) is 10.8. The summed E-state index contributed by atoms with van der Waals surface area (Å²) in [5.74, 6) is -0.367. The quantitative estimate of drug-likeness (QED) is 0.361. The molecular weight excluding hydrogens is 528 g/mol. The number of nitrogens with zero attached hydrogens (tertiary/aromatic N) is 4. The van der Waals surface area contributed by atoms with E-state index in [2.05, 4.69) is 37.8 Å². The first-order chi connectivity index (χ1) is 19.4. The van der Waals surface area contributed by atoms with Crippen molar-refractivity contribution in [3.05, 3.63) is 52.9 Å². The standard InChI is InChI=1S/C29H38N6O4S/c1-18(16-36)26(24-15-25(33-39-24)34-13-10-30-11-14-34)29(38)35-12-4-5-23(35)28(37)32-19(2)21-6-8-22(9-7-21)27-20(3)31-17-40-27/h6-9,15,17-19,23,26,30,36H,4-5,10-14,16H2,1-3H3,(H,32,37)/t18?,19-,23?,26-/m0/s1. The number of carbonyl (C=O) groups excluding carboxylic acids is 2. The van der Waals surface area contributed by atoms with Crippen LogP contribution >= 0.6 is 11.3 Å². The van der Waals surface area contributed by atoms with Crippen molar-refractivity contribution in [2.75, 3.05) is 44.2 Å². The van der Waals surface area contributed by atoms with Gasteiger partial charge in [-0.1, -0.05) is 36.3 Å². The maximum atomic E-state index is 13.9. The normalized spacial score (nSPS) is 19.9. The highest BCUT2D eigenvalue weighted by atomic mass is 32.1. The van der Waals surface area contributed by atoms with Gasteiger partial charge in [0, 0.05) is 45.4 Å². The molecule has 0 bridgehead atoms. The number of anilines is 1. The number of benzene rings is 1. The second-order valence-corrected chi connectivity index (χ2v) is 11.6. The molecule has 2 fully saturated rings. The Morgan fingerprint density at radius 1 is 1.20 bits per heavy atom. The van der Waals surface area contributed by atoms with Gasteiger partial charge in [-0.3, -0.25) is 9.59 Å². The van der Waals surface area contributed by atoms with Crippen LogP contribution in [-0.2, 0) is 9.59 Å². The van der Waals surface area contributed by atoms with E-state index in [0.29, 0.717) is 24.5 Å². The Labute approximate surface area is 238 Å². The van der Waals surface area contributed by atoms with Crippen LogP contribution in [0.5, 0.6) is 0 Å². The third-order valence-electron chi connectivity index (χ3n) is 8.00. The number of aliphatic hydroxyl groups is 1. The number of aryl methyl sites for hydroxylation is 1. The zero-order chi connectivity index (χ0) is 28.2. The zero-order valence-corrected chi connectivity index (χ0v) is 24.1. The van der Waals surface area contributed by atoms with E-state index >= 15 is 0 Å². The lowest BCUT2D eigenvalue weighted by molar-refractivity contribution is -0.141. The van der Waals surface area contributed by atoms with Crippen molar-refractivity contribution in [3.63, 3.8) is 0 Å². The summed E-state index contributed by atoms with van der Waals surface area (Å²) >= 11 is 1.61. The molecule has 3 N–H and O–H groups in total. The van der Waals surface area contributed by atoms with Crippen molar-refractivity contribution >= 4 is 29.0 Å². The van der Waals surface area contributed by atoms with E-state index in [0.717, 1.165) is 54.3 Å². The number of thiazole rings is 1. The summed E-state index contributed by atoms with van der Waals surface area (Å²) < 4.78 is 5.67. The number of aromatic nitrogens is 2. The lowest BCUT2D eigenvalue weighted by Crippen LogP contribution is -2.48. The van der Waals surface area contributed by atoms with Crippen LogP contribution in [0.3, 0.4) is 0 Å². The van der Waals surface area contributed by atoms with Gasteiger partial charge in [0.2, 0.25) is 11.8 Å². The van der Waals surface area contributed by atoms with Crippen molar-refractivity contribution < 1.29 is 19.2 Å². The van der Waals surface area contributed by atoms with E-state index in [4.69, 9.17) is 4.52 Å². The molecule has 10 nitrogen and oxygen atoms in total. The van der Waals surface area contributed by atoms with Gasteiger partial charge in [0.1, 0.15) is 12.0 Å². The highest BCUT2D eigenvalue weighted by molar-refractivity contribution is 7.13. The minimum Gasteiger partial charge on any atom is -0.396 e. The number of hydrogen-bond donors (Lipinski definition) is 3. The molecule has 0 spiro atoms. The third-order valence-corrected chi connectivity index (χ3v) is 8.98. The maximum Gasteiger partial charge on any atom is 0.243 e. The smallest absolute Gasteiger partial charge is 0.243 e. The molecule has 4 heterocycles. The van der Waals surface area contributed by atoms with Crippen LogP contribution in [0.2, 0.25) is 0 Å². The van der Waals surface area contributed by atoms with E-state index in [1.165, 1.54) is 0 Å². The fourth-order valence-corrected chi connectivity index (χ4v) is 6.41. The van der Waals surface area contributed by atoms with Crippen molar-refractivity contribution in [2.24, 2.45) is 5.92 Å². The zero-order valence-electron chi connectivity index (χ0n) is 23.3. The fraction of sp³-hybridized carbons (Fsp3) is 0.517. The van der Waals surface area contributed by atoms with E-state index in [9.17, 15) is 14.7 Å². The van der Waals surface area contributed by atoms with E-state index < -0.39 is 12.0 Å². The molecule has 2 saturated heterocycles. The van der Waals surface area contributed by atoms with Crippen LogP contribution < -0.4 is 15.5 Å². The highest BCUT2D eigenvalue weighted by Gasteiger charge is 2.41. The first kappa shape index (κ1) is 28.3. The molecule has 2 aromatic heterocycles. The number of rotatable bonds is 9. The van der Waals surface area contributed by atoms with Gasteiger partial charge in [-0.25, -0.2) is 4.98 Å². The van der Waals surface area contributed by atoms with Gasteiger partial charge in [-0.15, -0.1) is 11.3 Å². The first-order valence-corrected chi connectivity index (χ1v) is 14.9. The van der Waals surface area contributed by atoms with Crippen molar-refractivity contribution in [1.82, 2.24) is 25.7 Å². The number of amides is 2. The Balaban J connectivity index is 1.27. The number of nitrogens with one attached hydrogen (secondary N) is 2. The highest BCUT2D eigenvalue weighted by Crippen LogP contribution is 2.33. The van der Waals surface area contributed by atoms with Crippen LogP contribution in [0.15, 0.2) is 40.4 Å². The number of piperazine rings is 1. The molecular formula is C29H38N6O4S. The number of likely N-dealkylation sites (tertiary alicyclic amines) is 1. The lowest BCUT2D eigenvalue weighted by Gasteiger charge is -2.30. The molecule has 0 saturated carbocycles. The molecule has 0 aliphatic carbocycles. The molecule has 11 heteroatoms. The minimum atomic E-state index is -0.720. The molecule has 1 aromatic carbocycles. The van der Waals surface area contributed by atoms with E-state index in [1.807, 2.05) is 44.5 Å². The second kappa shape index (κ2) is 12.5. The molecule has 40 heavy (non-hydrogen) atoms. The fourth-order valence-electron chi connectivity index (χ4n) is 5.60. The molecule has 2 amide bonds. The molecule has 5 rings (SSSR count). The summed E-state index contributed by atoms with van der Waals surface area (Å²) in [6.45, 7) is 9.40. The molecule has 2 unspecified atom stereocenters. The Morgan fingerprint density at radius 2 is 1.95 bits per heavy atom. The monoisotopic (exact) mass is 566 g/mol. The SMILES string of the molecule is Cc1ncsc1-c1ccc([C@H](C)NC(=O)C2CCCN2C(=O)[C@H](c2cc(N3CCNCC3)no2)C(C)CO)cc1. The van der Waals surface area contributed by atoms with Crippen LogP contribution in [0.4, 0.5) is 5.82 Å².